The summed E-state index contributed by atoms with van der Waals surface area (Å²) in [6.07, 6.45) is 12.2. The molecule has 0 saturated carbocycles. The van der Waals surface area contributed by atoms with Gasteiger partial charge in [0.05, 0.1) is 17.5 Å². The minimum Gasteiger partial charge on any atom is -0.461 e. The van der Waals surface area contributed by atoms with Crippen LogP contribution in [0.4, 0.5) is 0 Å². The summed E-state index contributed by atoms with van der Waals surface area (Å²) in [4.78, 5) is 36.6. The molecule has 3 rings (SSSR count). The molecule has 0 spiro atoms. The fourth-order valence-electron chi connectivity index (χ4n) is 4.23. The average molecular weight is 460 g/mol. The lowest BCUT2D eigenvalue weighted by molar-refractivity contribution is -0.144. The van der Waals surface area contributed by atoms with Gasteiger partial charge in [-0.1, -0.05) is 42.5 Å². The van der Waals surface area contributed by atoms with Crippen LogP contribution in [-0.4, -0.2) is 17.8 Å². The van der Waals surface area contributed by atoms with Crippen molar-refractivity contribution in [2.45, 2.75) is 64.4 Å². The Hall–Kier alpha value is -3.47. The Morgan fingerprint density at radius 2 is 1.59 bits per heavy atom. The van der Waals surface area contributed by atoms with Gasteiger partial charge >= 0.3 is 5.97 Å². The molecule has 0 unspecified atom stereocenters. The van der Waals surface area contributed by atoms with Gasteiger partial charge in [-0.15, -0.1) is 13.2 Å². The number of imide groups is 1. The maximum absolute atomic E-state index is 12.6. The van der Waals surface area contributed by atoms with Crippen LogP contribution in [0.1, 0.15) is 81.5 Å². The van der Waals surface area contributed by atoms with Crippen molar-refractivity contribution in [2.24, 2.45) is 0 Å². The van der Waals surface area contributed by atoms with Crippen LogP contribution in [0.2, 0.25) is 0 Å². The normalized spacial score (nSPS) is 12.2. The summed E-state index contributed by atoms with van der Waals surface area (Å²) in [7, 11) is 0. The number of hydrogen-bond donors (Lipinski definition) is 1. The number of benzene rings is 2. The number of carbonyl (C=O) groups excluding carboxylic acids is 3. The van der Waals surface area contributed by atoms with Crippen LogP contribution in [0.5, 0.6) is 0 Å². The molecule has 178 valence electrons. The number of rotatable bonds is 14. The first-order valence-electron chi connectivity index (χ1n) is 12.0. The molecule has 2 amide bonds. The van der Waals surface area contributed by atoms with Crippen LogP contribution in [0.25, 0.3) is 0 Å². The van der Waals surface area contributed by atoms with Crippen LogP contribution in [0.3, 0.4) is 0 Å². The van der Waals surface area contributed by atoms with Crippen molar-refractivity contribution in [2.75, 3.05) is 0 Å². The molecule has 1 heterocycles. The fourth-order valence-corrected chi connectivity index (χ4v) is 4.23. The Balaban J connectivity index is 1.64. The van der Waals surface area contributed by atoms with Gasteiger partial charge in [0.25, 0.3) is 11.8 Å². The van der Waals surface area contributed by atoms with Gasteiger partial charge in [0.15, 0.2) is 0 Å². The average Bonchev–Trinajstić information content (AvgIpc) is 3.13. The van der Waals surface area contributed by atoms with E-state index in [1.807, 2.05) is 12.2 Å². The molecule has 0 bridgehead atoms. The van der Waals surface area contributed by atoms with Crippen LogP contribution < -0.4 is 5.32 Å². The van der Waals surface area contributed by atoms with Crippen molar-refractivity contribution in [3.05, 3.63) is 95.1 Å². The largest absolute Gasteiger partial charge is 0.461 e. The number of esters is 1. The molecule has 0 aromatic heterocycles. The van der Waals surface area contributed by atoms with Crippen molar-refractivity contribution in [3.8, 4) is 0 Å². The fraction of sp³-hybridized carbons (Fsp3) is 0.345. The number of allylic oxidation sites excluding steroid dienone is 2. The number of fused-ring (bicyclic) bond motifs is 1. The minimum absolute atomic E-state index is 0.0556. The maximum Gasteiger partial charge on any atom is 0.310 e. The summed E-state index contributed by atoms with van der Waals surface area (Å²) in [5.74, 6) is -1.32. The number of nitrogens with one attached hydrogen (secondary N) is 1. The molecule has 0 atom stereocenters. The predicted octanol–water partition coefficient (Wildman–Crippen LogP) is 5.65. The van der Waals surface area contributed by atoms with E-state index in [1.165, 1.54) is 11.1 Å². The Bertz CT molecular complexity index is 1070. The molecular weight excluding hydrogens is 426 g/mol. The van der Waals surface area contributed by atoms with E-state index in [2.05, 4.69) is 36.7 Å². The number of amides is 2. The number of ether oxygens (including phenoxy) is 1. The zero-order valence-electron chi connectivity index (χ0n) is 19.7. The van der Waals surface area contributed by atoms with Crippen molar-refractivity contribution < 1.29 is 19.1 Å². The van der Waals surface area contributed by atoms with Crippen molar-refractivity contribution in [3.63, 3.8) is 0 Å². The van der Waals surface area contributed by atoms with E-state index >= 15 is 0 Å². The summed E-state index contributed by atoms with van der Waals surface area (Å²) in [5.41, 5.74) is 4.60. The molecule has 1 aliphatic heterocycles. The van der Waals surface area contributed by atoms with Crippen LogP contribution in [0, 0.1) is 0 Å². The van der Waals surface area contributed by atoms with Gasteiger partial charge in [0.2, 0.25) is 0 Å². The summed E-state index contributed by atoms with van der Waals surface area (Å²) in [5, 5.41) is 2.28. The van der Waals surface area contributed by atoms with E-state index in [0.29, 0.717) is 11.1 Å². The van der Waals surface area contributed by atoms with E-state index in [0.717, 1.165) is 56.9 Å². The van der Waals surface area contributed by atoms with Crippen molar-refractivity contribution in [1.82, 2.24) is 5.32 Å². The van der Waals surface area contributed by atoms with Gasteiger partial charge in [0.1, 0.15) is 6.61 Å². The number of hydrogen-bond acceptors (Lipinski definition) is 4. The minimum atomic E-state index is -0.464. The Morgan fingerprint density at radius 3 is 2.32 bits per heavy atom. The van der Waals surface area contributed by atoms with Gasteiger partial charge in [-0.2, -0.15) is 0 Å². The monoisotopic (exact) mass is 459 g/mol. The third kappa shape index (κ3) is 6.77. The summed E-state index contributed by atoms with van der Waals surface area (Å²) in [6, 6.07) is 11.4. The molecule has 2 aromatic rings. The molecule has 0 aliphatic carbocycles. The number of aryl methyl sites for hydroxylation is 2. The lowest BCUT2D eigenvalue weighted by atomic mass is 9.96. The molecule has 1 N–H and O–H groups in total. The van der Waals surface area contributed by atoms with Gasteiger partial charge in [-0.25, -0.2) is 0 Å². The van der Waals surface area contributed by atoms with E-state index in [1.54, 1.807) is 18.2 Å². The van der Waals surface area contributed by atoms with Gasteiger partial charge in [-0.3, -0.25) is 19.7 Å². The molecule has 1 aliphatic rings. The standard InChI is InChI=1S/C29H33NO4/c1-3-5-7-9-12-21-16-17-24(22(18-21)13-10-8-6-4-2)20-34-26(31)19-23-14-11-15-25-27(23)29(33)30-28(25)32/h3-4,11,14-18H,1-2,5-10,12-13,19-20H2,(H,30,32,33). The van der Waals surface area contributed by atoms with Crippen LogP contribution in [-0.2, 0) is 35.4 Å². The maximum atomic E-state index is 12.6. The van der Waals surface area contributed by atoms with Crippen molar-refractivity contribution >= 4 is 17.8 Å². The number of carbonyl (C=O) groups is 3. The van der Waals surface area contributed by atoms with E-state index in [-0.39, 0.29) is 18.6 Å². The molecular formula is C29H33NO4. The molecule has 5 nitrogen and oxygen atoms in total. The summed E-state index contributed by atoms with van der Waals surface area (Å²) in [6.45, 7) is 7.76. The Labute approximate surface area is 201 Å². The molecule has 34 heavy (non-hydrogen) atoms. The Morgan fingerprint density at radius 1 is 0.853 bits per heavy atom. The molecule has 2 aromatic carbocycles. The Kier molecular flexibility index (Phi) is 9.39. The van der Waals surface area contributed by atoms with Crippen LogP contribution in [0.15, 0.2) is 61.7 Å². The highest BCUT2D eigenvalue weighted by molar-refractivity contribution is 6.22. The highest BCUT2D eigenvalue weighted by Gasteiger charge is 2.29. The second-order valence-corrected chi connectivity index (χ2v) is 8.63. The topological polar surface area (TPSA) is 72.5 Å². The highest BCUT2D eigenvalue weighted by Crippen LogP contribution is 2.22. The van der Waals surface area contributed by atoms with Gasteiger partial charge < -0.3 is 4.74 Å². The first-order valence-corrected chi connectivity index (χ1v) is 12.0. The molecule has 0 radical (unpaired) electrons. The zero-order valence-corrected chi connectivity index (χ0v) is 19.7. The summed E-state index contributed by atoms with van der Waals surface area (Å²) >= 11 is 0. The SMILES string of the molecule is C=CCCCCc1ccc(COC(=O)Cc2cccc3c2C(=O)NC3=O)c(CCCCC=C)c1. The first-order chi connectivity index (χ1) is 16.5. The second-order valence-electron chi connectivity index (χ2n) is 8.63. The number of unbranched alkanes of at least 4 members (excludes halogenated alkanes) is 4. The van der Waals surface area contributed by atoms with Crippen LogP contribution >= 0.6 is 0 Å². The lowest BCUT2D eigenvalue weighted by Gasteiger charge is -2.13. The highest BCUT2D eigenvalue weighted by atomic mass is 16.5. The second kappa shape index (κ2) is 12.7. The van der Waals surface area contributed by atoms with Gasteiger partial charge in [-0.05, 0) is 79.7 Å². The predicted molar refractivity (Wildman–Crippen MR) is 134 cm³/mol. The van der Waals surface area contributed by atoms with Crippen molar-refractivity contribution in [1.29, 1.82) is 0 Å². The molecule has 0 saturated heterocycles. The molecule has 5 heteroatoms. The summed E-state index contributed by atoms with van der Waals surface area (Å²) < 4.78 is 5.59. The third-order valence-electron chi connectivity index (χ3n) is 6.07. The lowest BCUT2D eigenvalue weighted by Crippen LogP contribution is -2.20. The first kappa shape index (κ1) is 25.2. The smallest absolute Gasteiger partial charge is 0.310 e. The zero-order chi connectivity index (χ0) is 24.3. The third-order valence-corrected chi connectivity index (χ3v) is 6.07. The van der Waals surface area contributed by atoms with E-state index in [9.17, 15) is 14.4 Å². The van der Waals surface area contributed by atoms with E-state index < -0.39 is 17.8 Å². The molecule has 0 fully saturated rings. The van der Waals surface area contributed by atoms with Gasteiger partial charge in [0, 0.05) is 0 Å². The quantitative estimate of drug-likeness (QED) is 0.171. The van der Waals surface area contributed by atoms with E-state index in [4.69, 9.17) is 4.74 Å².